The molecule has 0 saturated carbocycles. The van der Waals surface area contributed by atoms with Gasteiger partial charge in [-0.15, -0.1) is 0 Å². The number of hydrogen-bond donors (Lipinski definition) is 0. The second-order valence-corrected chi connectivity index (χ2v) is 6.00. The van der Waals surface area contributed by atoms with Gasteiger partial charge in [0, 0.05) is 44.3 Å². The second-order valence-electron chi connectivity index (χ2n) is 6.00. The van der Waals surface area contributed by atoms with E-state index in [1.807, 2.05) is 31.0 Å². The normalized spacial score (nSPS) is 18.1. The van der Waals surface area contributed by atoms with Gasteiger partial charge in [-0.1, -0.05) is 0 Å². The molecule has 1 amide bonds. The van der Waals surface area contributed by atoms with E-state index in [4.69, 9.17) is 0 Å². The van der Waals surface area contributed by atoms with Crippen LogP contribution in [0.3, 0.4) is 0 Å². The molecule has 1 saturated heterocycles. The molecule has 0 aromatic carbocycles. The summed E-state index contributed by atoms with van der Waals surface area (Å²) in [7, 11) is 0. The zero-order valence-electron chi connectivity index (χ0n) is 13.5. The number of carbonyl (C=O) groups is 1. The lowest BCUT2D eigenvalue weighted by molar-refractivity contribution is 0.0773. The van der Waals surface area contributed by atoms with E-state index in [0.29, 0.717) is 11.6 Å². The molecule has 6 heteroatoms. The number of nitrogens with zero attached hydrogens (tertiary/aromatic N) is 5. The Morgan fingerprint density at radius 2 is 2.23 bits per heavy atom. The van der Waals surface area contributed by atoms with Crippen LogP contribution in [0.25, 0.3) is 0 Å². The maximum absolute atomic E-state index is 12.6. The highest BCUT2D eigenvalue weighted by Crippen LogP contribution is 2.21. The summed E-state index contributed by atoms with van der Waals surface area (Å²) in [5, 5.41) is 4.19. The van der Waals surface area contributed by atoms with E-state index in [1.54, 1.807) is 10.9 Å². The quantitative estimate of drug-likeness (QED) is 0.866. The van der Waals surface area contributed by atoms with Crippen LogP contribution < -0.4 is 0 Å². The minimum absolute atomic E-state index is 0.0981. The summed E-state index contributed by atoms with van der Waals surface area (Å²) in [6.45, 7) is 9.41. The minimum Gasteiger partial charge on any atom is -0.337 e. The fourth-order valence-electron chi connectivity index (χ4n) is 3.21. The van der Waals surface area contributed by atoms with Gasteiger partial charge < -0.3 is 9.47 Å². The predicted molar refractivity (Wildman–Crippen MR) is 83.6 cm³/mol. The number of amides is 1. The first-order valence-electron chi connectivity index (χ1n) is 7.90. The Labute approximate surface area is 130 Å². The Morgan fingerprint density at radius 1 is 1.41 bits per heavy atom. The highest BCUT2D eigenvalue weighted by atomic mass is 16.2. The molecule has 0 aliphatic carbocycles. The van der Waals surface area contributed by atoms with Crippen molar-refractivity contribution in [2.45, 2.75) is 40.3 Å². The Bertz CT molecular complexity index is 652. The van der Waals surface area contributed by atoms with Crippen molar-refractivity contribution in [1.82, 2.24) is 24.2 Å². The second kappa shape index (κ2) is 5.94. The van der Waals surface area contributed by atoms with E-state index < -0.39 is 0 Å². The summed E-state index contributed by atoms with van der Waals surface area (Å²) >= 11 is 0. The Morgan fingerprint density at radius 3 is 2.91 bits per heavy atom. The first-order valence-corrected chi connectivity index (χ1v) is 7.90. The van der Waals surface area contributed by atoms with Gasteiger partial charge in [-0.3, -0.25) is 9.48 Å². The molecule has 6 nitrogen and oxygen atoms in total. The molecule has 0 spiro atoms. The van der Waals surface area contributed by atoms with Crippen molar-refractivity contribution in [2.24, 2.45) is 5.92 Å². The van der Waals surface area contributed by atoms with Gasteiger partial charge in [0.25, 0.3) is 5.91 Å². The first-order chi connectivity index (χ1) is 10.6. The fraction of sp³-hybridized carbons (Fsp3) is 0.562. The lowest BCUT2D eigenvalue weighted by Crippen LogP contribution is -2.31. The molecule has 2 aromatic rings. The van der Waals surface area contributed by atoms with Crippen LogP contribution in [-0.4, -0.2) is 43.2 Å². The van der Waals surface area contributed by atoms with Crippen molar-refractivity contribution in [1.29, 1.82) is 0 Å². The molecule has 1 aliphatic heterocycles. The summed E-state index contributed by atoms with van der Waals surface area (Å²) < 4.78 is 4.01. The lowest BCUT2D eigenvalue weighted by atomic mass is 10.1. The van der Waals surface area contributed by atoms with Gasteiger partial charge in [-0.25, -0.2) is 4.98 Å². The van der Waals surface area contributed by atoms with Crippen LogP contribution in [0.1, 0.15) is 35.4 Å². The van der Waals surface area contributed by atoms with Gasteiger partial charge in [0.1, 0.15) is 11.5 Å². The molecule has 118 valence electrons. The standard InChI is InChI=1S/C16H23N5O/c1-4-21-15(5-7-18-21)16(22)19-8-6-14(10-19)11-20-12(2)9-17-13(20)3/h5,7,9,14H,4,6,8,10-11H2,1-3H3. The van der Waals surface area contributed by atoms with Crippen LogP contribution in [0.2, 0.25) is 0 Å². The van der Waals surface area contributed by atoms with E-state index in [-0.39, 0.29) is 5.91 Å². The number of hydrogen-bond acceptors (Lipinski definition) is 3. The van der Waals surface area contributed by atoms with Crippen molar-refractivity contribution >= 4 is 5.91 Å². The molecule has 22 heavy (non-hydrogen) atoms. The maximum atomic E-state index is 12.6. The average Bonchev–Trinajstić information content (AvgIpc) is 3.23. The summed E-state index contributed by atoms with van der Waals surface area (Å²) in [6.07, 6.45) is 4.65. The van der Waals surface area contributed by atoms with Crippen LogP contribution in [-0.2, 0) is 13.1 Å². The monoisotopic (exact) mass is 301 g/mol. The fourth-order valence-corrected chi connectivity index (χ4v) is 3.21. The van der Waals surface area contributed by atoms with Crippen molar-refractivity contribution in [3.63, 3.8) is 0 Å². The van der Waals surface area contributed by atoms with Gasteiger partial charge in [0.05, 0.1) is 0 Å². The number of aromatic nitrogens is 4. The molecule has 2 aromatic heterocycles. The molecule has 0 bridgehead atoms. The summed E-state index contributed by atoms with van der Waals surface area (Å²) in [5.74, 6) is 1.64. The Kier molecular flexibility index (Phi) is 4.00. The van der Waals surface area contributed by atoms with E-state index in [1.165, 1.54) is 5.69 Å². The molecule has 3 heterocycles. The number of imidazole rings is 1. The topological polar surface area (TPSA) is 56.0 Å². The zero-order valence-corrected chi connectivity index (χ0v) is 13.5. The van der Waals surface area contributed by atoms with Crippen molar-refractivity contribution < 1.29 is 4.79 Å². The third-order valence-corrected chi connectivity index (χ3v) is 4.50. The minimum atomic E-state index is 0.0981. The number of carbonyl (C=O) groups excluding carboxylic acids is 1. The van der Waals surface area contributed by atoms with E-state index in [9.17, 15) is 4.79 Å². The maximum Gasteiger partial charge on any atom is 0.272 e. The highest BCUT2D eigenvalue weighted by Gasteiger charge is 2.29. The third-order valence-electron chi connectivity index (χ3n) is 4.50. The number of rotatable bonds is 4. The summed E-state index contributed by atoms with van der Waals surface area (Å²) in [5.41, 5.74) is 1.88. The molecular weight excluding hydrogens is 278 g/mol. The molecular formula is C16H23N5O. The lowest BCUT2D eigenvalue weighted by Gasteiger charge is -2.18. The Hall–Kier alpha value is -2.11. The molecule has 1 atom stereocenters. The average molecular weight is 301 g/mol. The number of likely N-dealkylation sites (tertiary alicyclic amines) is 1. The molecule has 1 aliphatic rings. The largest absolute Gasteiger partial charge is 0.337 e. The van der Waals surface area contributed by atoms with Gasteiger partial charge in [0.15, 0.2) is 0 Å². The molecule has 0 radical (unpaired) electrons. The Balaban J connectivity index is 1.66. The van der Waals surface area contributed by atoms with E-state index >= 15 is 0 Å². The van der Waals surface area contributed by atoms with Crippen LogP contribution in [0.15, 0.2) is 18.5 Å². The molecule has 3 rings (SSSR count). The summed E-state index contributed by atoms with van der Waals surface area (Å²) in [6, 6.07) is 1.81. The molecule has 0 N–H and O–H groups in total. The van der Waals surface area contributed by atoms with Crippen molar-refractivity contribution in [2.75, 3.05) is 13.1 Å². The van der Waals surface area contributed by atoms with Gasteiger partial charge in [-0.2, -0.15) is 5.10 Å². The first kappa shape index (κ1) is 14.8. The van der Waals surface area contributed by atoms with E-state index in [2.05, 4.69) is 21.6 Å². The van der Waals surface area contributed by atoms with Crippen molar-refractivity contribution in [3.8, 4) is 0 Å². The van der Waals surface area contributed by atoms with Crippen LogP contribution >= 0.6 is 0 Å². The van der Waals surface area contributed by atoms with Crippen molar-refractivity contribution in [3.05, 3.63) is 35.7 Å². The van der Waals surface area contributed by atoms with Crippen LogP contribution in [0, 0.1) is 19.8 Å². The smallest absolute Gasteiger partial charge is 0.272 e. The van der Waals surface area contributed by atoms with Crippen LogP contribution in [0.5, 0.6) is 0 Å². The summed E-state index contributed by atoms with van der Waals surface area (Å²) in [4.78, 5) is 18.9. The SMILES string of the molecule is CCn1nccc1C(=O)N1CCC(Cn2c(C)cnc2C)C1. The van der Waals surface area contributed by atoms with Gasteiger partial charge in [0.2, 0.25) is 0 Å². The van der Waals surface area contributed by atoms with E-state index in [0.717, 1.165) is 38.4 Å². The van der Waals surface area contributed by atoms with Gasteiger partial charge in [-0.05, 0) is 39.2 Å². The highest BCUT2D eigenvalue weighted by molar-refractivity contribution is 5.92. The van der Waals surface area contributed by atoms with Crippen LogP contribution in [0.4, 0.5) is 0 Å². The zero-order chi connectivity index (χ0) is 15.7. The third kappa shape index (κ3) is 2.65. The predicted octanol–water partition coefficient (Wildman–Crippen LogP) is 1.88. The molecule has 1 fully saturated rings. The van der Waals surface area contributed by atoms with Gasteiger partial charge >= 0.3 is 0 Å². The number of aryl methyl sites for hydroxylation is 3. The molecule has 1 unspecified atom stereocenters.